The molecule has 0 saturated carbocycles. The van der Waals surface area contributed by atoms with Gasteiger partial charge in [0.2, 0.25) is 5.82 Å². The molecule has 0 bridgehead atoms. The van der Waals surface area contributed by atoms with Crippen LogP contribution in [0.3, 0.4) is 0 Å². The third kappa shape index (κ3) is 3.97. The summed E-state index contributed by atoms with van der Waals surface area (Å²) in [5.74, 6) is 0.693. The molecule has 9 heteroatoms. The number of aryl methyl sites for hydroxylation is 1. The van der Waals surface area contributed by atoms with E-state index in [9.17, 15) is 0 Å². The highest BCUT2D eigenvalue weighted by Gasteiger charge is 2.24. The van der Waals surface area contributed by atoms with Crippen LogP contribution in [-0.2, 0) is 0 Å². The lowest BCUT2D eigenvalue weighted by Gasteiger charge is -2.33. The molecule has 3 heterocycles. The van der Waals surface area contributed by atoms with E-state index < -0.39 is 0 Å². The molecule has 1 aromatic carbocycles. The number of hydrogen-bond donors (Lipinski definition) is 1. The monoisotopic (exact) mass is 418 g/mol. The molecule has 0 amide bonds. The van der Waals surface area contributed by atoms with Crippen molar-refractivity contribution in [2.24, 2.45) is 0 Å². The van der Waals surface area contributed by atoms with Crippen molar-refractivity contribution < 1.29 is 0 Å². The largest absolute Gasteiger partial charge is 0.349 e. The summed E-state index contributed by atoms with van der Waals surface area (Å²) in [6, 6.07) is 10.1. The van der Waals surface area contributed by atoms with Gasteiger partial charge in [0.25, 0.3) is 0 Å². The molecule has 2 aromatic heterocycles. The lowest BCUT2D eigenvalue weighted by molar-refractivity contribution is 0.238. The number of nitrogens with zero attached hydrogens (tertiary/aromatic N) is 5. The average molecular weight is 419 g/mol. The van der Waals surface area contributed by atoms with Crippen LogP contribution in [0.15, 0.2) is 35.7 Å². The topological polar surface area (TPSA) is 58.9 Å². The highest BCUT2D eigenvalue weighted by atomic mass is 35.5. The van der Waals surface area contributed by atoms with Gasteiger partial charge in [-0.2, -0.15) is 4.80 Å². The number of hydrogen-bond acceptors (Lipinski definition) is 5. The molecular formula is C18H19ClN6S2. The van der Waals surface area contributed by atoms with Crippen LogP contribution in [0.1, 0.15) is 24.4 Å². The van der Waals surface area contributed by atoms with E-state index in [1.165, 1.54) is 0 Å². The predicted molar refractivity (Wildman–Crippen MR) is 113 cm³/mol. The van der Waals surface area contributed by atoms with Crippen LogP contribution in [0, 0.1) is 6.92 Å². The molecule has 0 radical (unpaired) electrons. The van der Waals surface area contributed by atoms with Crippen molar-refractivity contribution in [1.29, 1.82) is 0 Å². The molecule has 140 valence electrons. The fraction of sp³-hybridized carbons (Fsp3) is 0.333. The Morgan fingerprint density at radius 3 is 2.81 bits per heavy atom. The van der Waals surface area contributed by atoms with E-state index >= 15 is 0 Å². The number of tetrazole rings is 1. The maximum absolute atomic E-state index is 6.36. The van der Waals surface area contributed by atoms with E-state index in [-0.39, 0.29) is 6.04 Å². The third-order valence-electron chi connectivity index (χ3n) is 4.68. The Labute approximate surface area is 172 Å². The Kier molecular flexibility index (Phi) is 5.38. The van der Waals surface area contributed by atoms with Gasteiger partial charge in [0, 0.05) is 13.1 Å². The molecule has 27 heavy (non-hydrogen) atoms. The first-order chi connectivity index (χ1) is 13.1. The number of aromatic nitrogens is 4. The molecule has 1 fully saturated rings. The minimum atomic E-state index is 0.243. The fourth-order valence-electron chi connectivity index (χ4n) is 3.12. The minimum absolute atomic E-state index is 0.243. The maximum Gasteiger partial charge on any atom is 0.214 e. The number of thiophene rings is 1. The normalized spacial score (nSPS) is 15.1. The number of anilines is 1. The van der Waals surface area contributed by atoms with Gasteiger partial charge >= 0.3 is 0 Å². The van der Waals surface area contributed by atoms with E-state index in [0.29, 0.717) is 16.0 Å². The molecule has 0 aliphatic carbocycles. The predicted octanol–water partition coefficient (Wildman–Crippen LogP) is 4.40. The summed E-state index contributed by atoms with van der Waals surface area (Å²) in [5.41, 5.74) is 1.88. The van der Waals surface area contributed by atoms with E-state index in [0.717, 1.165) is 42.1 Å². The third-order valence-corrected chi connectivity index (χ3v) is 6.41. The van der Waals surface area contributed by atoms with Crippen molar-refractivity contribution in [3.8, 4) is 10.7 Å². The van der Waals surface area contributed by atoms with E-state index in [1.807, 2.05) is 42.6 Å². The van der Waals surface area contributed by atoms with Gasteiger partial charge in [0.05, 0.1) is 21.6 Å². The number of nitrogens with one attached hydrogen (secondary N) is 1. The second-order valence-corrected chi connectivity index (χ2v) is 8.21. The summed E-state index contributed by atoms with van der Waals surface area (Å²) in [5, 5.41) is 19.7. The van der Waals surface area contributed by atoms with Gasteiger partial charge in [0.15, 0.2) is 5.11 Å². The summed E-state index contributed by atoms with van der Waals surface area (Å²) in [6.07, 6.45) is 1.84. The number of piperidine rings is 1. The zero-order valence-electron chi connectivity index (χ0n) is 14.8. The van der Waals surface area contributed by atoms with Crippen molar-refractivity contribution in [2.45, 2.75) is 25.8 Å². The van der Waals surface area contributed by atoms with Crippen molar-refractivity contribution in [3.05, 3.63) is 46.3 Å². The Morgan fingerprint density at radius 2 is 2.07 bits per heavy atom. The smallest absolute Gasteiger partial charge is 0.214 e. The average Bonchev–Trinajstić information content (AvgIpc) is 3.37. The van der Waals surface area contributed by atoms with Gasteiger partial charge in [-0.1, -0.05) is 29.8 Å². The van der Waals surface area contributed by atoms with Crippen molar-refractivity contribution in [3.63, 3.8) is 0 Å². The first-order valence-electron chi connectivity index (χ1n) is 8.76. The summed E-state index contributed by atoms with van der Waals surface area (Å²) < 4.78 is 0. The van der Waals surface area contributed by atoms with Crippen LogP contribution in [0.5, 0.6) is 0 Å². The summed E-state index contributed by atoms with van der Waals surface area (Å²) >= 11 is 13.6. The zero-order valence-corrected chi connectivity index (χ0v) is 17.2. The quantitative estimate of drug-likeness (QED) is 0.636. The number of likely N-dealkylation sites (tertiary alicyclic amines) is 1. The second-order valence-electron chi connectivity index (χ2n) is 6.50. The molecule has 0 spiro atoms. The van der Waals surface area contributed by atoms with E-state index in [2.05, 4.69) is 25.6 Å². The van der Waals surface area contributed by atoms with Crippen LogP contribution in [0.2, 0.25) is 5.02 Å². The standard InChI is InChI=1S/C18H19ClN6S2/c1-12-4-2-5-14(16(12)19)20-18(26)24-9-7-13(8-10-24)25-22-17(21-23-25)15-6-3-11-27-15/h2-6,11,13H,7-10H2,1H3,(H,20,26). The Bertz CT molecular complexity index is 931. The van der Waals surface area contributed by atoms with Gasteiger partial charge in [-0.15, -0.1) is 21.5 Å². The number of halogens is 1. The van der Waals surface area contributed by atoms with Crippen molar-refractivity contribution in [1.82, 2.24) is 25.1 Å². The van der Waals surface area contributed by atoms with Gasteiger partial charge in [-0.25, -0.2) is 0 Å². The molecule has 1 N–H and O–H groups in total. The molecule has 0 atom stereocenters. The lowest BCUT2D eigenvalue weighted by Crippen LogP contribution is -2.41. The number of thiocarbonyl (C=S) groups is 1. The van der Waals surface area contributed by atoms with Gasteiger partial charge in [-0.05, 0) is 60.3 Å². The molecule has 1 aliphatic rings. The maximum atomic E-state index is 6.36. The first kappa shape index (κ1) is 18.3. The molecule has 3 aromatic rings. The highest BCUT2D eigenvalue weighted by Crippen LogP contribution is 2.27. The van der Waals surface area contributed by atoms with E-state index in [4.69, 9.17) is 23.8 Å². The minimum Gasteiger partial charge on any atom is -0.349 e. The number of rotatable bonds is 3. The van der Waals surface area contributed by atoms with Gasteiger partial charge < -0.3 is 10.2 Å². The highest BCUT2D eigenvalue weighted by molar-refractivity contribution is 7.80. The number of benzene rings is 1. The second kappa shape index (κ2) is 7.92. The Balaban J connectivity index is 1.36. The van der Waals surface area contributed by atoms with Crippen LogP contribution in [0.4, 0.5) is 5.69 Å². The molecule has 4 rings (SSSR count). The van der Waals surface area contributed by atoms with Crippen LogP contribution < -0.4 is 5.32 Å². The van der Waals surface area contributed by atoms with Crippen LogP contribution in [-0.4, -0.2) is 43.3 Å². The van der Waals surface area contributed by atoms with Crippen LogP contribution in [0.25, 0.3) is 10.7 Å². The summed E-state index contributed by atoms with van der Waals surface area (Å²) in [6.45, 7) is 3.67. The molecular weight excluding hydrogens is 400 g/mol. The summed E-state index contributed by atoms with van der Waals surface area (Å²) in [7, 11) is 0. The van der Waals surface area contributed by atoms with Crippen molar-refractivity contribution in [2.75, 3.05) is 18.4 Å². The molecule has 1 aliphatic heterocycles. The summed E-state index contributed by atoms with van der Waals surface area (Å²) in [4.78, 5) is 4.96. The van der Waals surface area contributed by atoms with Crippen molar-refractivity contribution >= 4 is 46.0 Å². The van der Waals surface area contributed by atoms with E-state index in [1.54, 1.807) is 16.1 Å². The van der Waals surface area contributed by atoms with Gasteiger partial charge in [-0.3, -0.25) is 0 Å². The first-order valence-corrected chi connectivity index (χ1v) is 10.4. The lowest BCUT2D eigenvalue weighted by atomic mass is 10.1. The molecule has 0 unspecified atom stereocenters. The van der Waals surface area contributed by atoms with Gasteiger partial charge in [0.1, 0.15) is 0 Å². The Hall–Kier alpha value is -2.03. The molecule has 6 nitrogen and oxygen atoms in total. The Morgan fingerprint density at radius 1 is 1.26 bits per heavy atom. The SMILES string of the molecule is Cc1cccc(NC(=S)N2CCC(n3nnc(-c4cccs4)n3)CC2)c1Cl. The molecule has 1 saturated heterocycles. The zero-order chi connectivity index (χ0) is 18.8. The van der Waals surface area contributed by atoms with Crippen LogP contribution >= 0.6 is 35.2 Å². The fourth-order valence-corrected chi connectivity index (χ4v) is 4.24.